The Morgan fingerprint density at radius 1 is 0.484 bits per heavy atom. The molecular weight excluding hydrogens is 799 g/mol. The molecule has 0 aromatic carbocycles. The third-order valence-electron chi connectivity index (χ3n) is 12.0. The van der Waals surface area contributed by atoms with Crippen molar-refractivity contribution in [1.82, 2.24) is 0 Å². The van der Waals surface area contributed by atoms with Gasteiger partial charge >= 0.3 is 11.9 Å². The van der Waals surface area contributed by atoms with E-state index in [-0.39, 0.29) is 42.7 Å². The molecule has 8 heteroatoms. The molecule has 0 bridgehead atoms. The lowest BCUT2D eigenvalue weighted by Crippen LogP contribution is -2.55. The van der Waals surface area contributed by atoms with Crippen LogP contribution in [0.4, 0.5) is 0 Å². The standard InChI is InChI=1S/C56H101NO7/c1-6-8-10-12-14-16-18-20-22-24-25-26-27-28-29-31-32-34-36-38-40-42-44-46-54(58)63-51-52(50-62-49-48-53(56(60)61)57(3,4)5)64-55(59)47-45-43-41-39-37-35-33-30-23-21-19-17-15-13-11-9-7-2/h9,11,15,17,21,23,33,35,52-53H,6-8,10,12-14,16,18-20,22,24-32,34,36-51H2,1-5H3/b11-9-,17-15-,23-21-,35-33-. The van der Waals surface area contributed by atoms with Crippen molar-refractivity contribution in [1.29, 1.82) is 0 Å². The minimum absolute atomic E-state index is 0.0320. The average molecular weight is 900 g/mol. The monoisotopic (exact) mass is 900 g/mol. The number of allylic oxidation sites excluding steroid dienone is 8. The van der Waals surface area contributed by atoms with Crippen molar-refractivity contribution in [2.75, 3.05) is 41.0 Å². The van der Waals surface area contributed by atoms with Crippen LogP contribution >= 0.6 is 0 Å². The number of quaternary nitrogens is 1. The molecule has 0 heterocycles. The van der Waals surface area contributed by atoms with Crippen molar-refractivity contribution < 1.29 is 38.2 Å². The Morgan fingerprint density at radius 2 is 0.875 bits per heavy atom. The summed E-state index contributed by atoms with van der Waals surface area (Å²) in [5.41, 5.74) is 0. The Kier molecular flexibility index (Phi) is 44.8. The number of carboxylic acids is 1. The van der Waals surface area contributed by atoms with E-state index in [1.165, 1.54) is 128 Å². The molecule has 0 spiro atoms. The largest absolute Gasteiger partial charge is 0.544 e. The first-order valence-corrected chi connectivity index (χ1v) is 26.7. The minimum atomic E-state index is -1.13. The number of likely N-dealkylation sites (N-methyl/N-ethyl adjacent to an activating group) is 1. The van der Waals surface area contributed by atoms with E-state index in [1.807, 2.05) is 0 Å². The van der Waals surface area contributed by atoms with Crippen LogP contribution in [0.2, 0.25) is 0 Å². The van der Waals surface area contributed by atoms with Gasteiger partial charge in [0.05, 0.1) is 40.3 Å². The van der Waals surface area contributed by atoms with Crippen LogP contribution in [0.5, 0.6) is 0 Å². The molecule has 0 saturated heterocycles. The fourth-order valence-corrected chi connectivity index (χ4v) is 7.89. The van der Waals surface area contributed by atoms with Gasteiger partial charge in [-0.25, -0.2) is 0 Å². The molecule has 0 aliphatic carbocycles. The zero-order valence-corrected chi connectivity index (χ0v) is 42.4. The Morgan fingerprint density at radius 3 is 1.30 bits per heavy atom. The molecule has 8 nitrogen and oxygen atoms in total. The van der Waals surface area contributed by atoms with Crippen LogP contribution in [0.3, 0.4) is 0 Å². The van der Waals surface area contributed by atoms with Crippen molar-refractivity contribution in [2.45, 2.75) is 251 Å². The van der Waals surface area contributed by atoms with Crippen molar-refractivity contribution in [3.63, 3.8) is 0 Å². The highest BCUT2D eigenvalue weighted by Crippen LogP contribution is 2.17. The Balaban J connectivity index is 4.20. The number of ether oxygens (including phenoxy) is 3. The van der Waals surface area contributed by atoms with Gasteiger partial charge in [-0.15, -0.1) is 0 Å². The van der Waals surface area contributed by atoms with Gasteiger partial charge in [0, 0.05) is 19.3 Å². The van der Waals surface area contributed by atoms with Gasteiger partial charge < -0.3 is 28.6 Å². The lowest BCUT2D eigenvalue weighted by atomic mass is 10.0. The van der Waals surface area contributed by atoms with Crippen LogP contribution in [0.1, 0.15) is 239 Å². The Hall–Kier alpha value is -2.71. The molecule has 0 saturated carbocycles. The van der Waals surface area contributed by atoms with Crippen LogP contribution in [0, 0.1) is 0 Å². The molecule has 0 aromatic rings. The van der Waals surface area contributed by atoms with Gasteiger partial charge in [-0.3, -0.25) is 9.59 Å². The van der Waals surface area contributed by atoms with Crippen LogP contribution in [-0.4, -0.2) is 75.5 Å². The van der Waals surface area contributed by atoms with E-state index in [0.717, 1.165) is 77.0 Å². The summed E-state index contributed by atoms with van der Waals surface area (Å²) >= 11 is 0. The predicted octanol–water partition coefficient (Wildman–Crippen LogP) is 14.2. The normalized spacial score (nSPS) is 13.2. The lowest BCUT2D eigenvalue weighted by molar-refractivity contribution is -0.889. The first kappa shape index (κ1) is 61.3. The van der Waals surface area contributed by atoms with Gasteiger partial charge in [0.1, 0.15) is 12.6 Å². The highest BCUT2D eigenvalue weighted by Gasteiger charge is 2.25. The molecule has 0 aliphatic heterocycles. The number of aliphatic carboxylic acids is 1. The van der Waals surface area contributed by atoms with Gasteiger partial charge in [-0.05, 0) is 51.4 Å². The summed E-state index contributed by atoms with van der Waals surface area (Å²) in [5.74, 6) is -1.76. The number of rotatable bonds is 48. The average Bonchev–Trinajstić information content (AvgIpc) is 3.26. The van der Waals surface area contributed by atoms with Crippen LogP contribution < -0.4 is 5.11 Å². The summed E-state index contributed by atoms with van der Waals surface area (Å²) in [5, 5.41) is 11.7. The van der Waals surface area contributed by atoms with E-state index in [0.29, 0.717) is 12.8 Å². The number of carboxylic acid groups (broad SMARTS) is 1. The molecule has 2 unspecified atom stereocenters. The maximum atomic E-state index is 12.8. The van der Waals surface area contributed by atoms with E-state index in [4.69, 9.17) is 14.2 Å². The number of esters is 2. The van der Waals surface area contributed by atoms with Gasteiger partial charge in [0.15, 0.2) is 6.10 Å². The van der Waals surface area contributed by atoms with E-state index in [1.54, 1.807) is 21.1 Å². The van der Waals surface area contributed by atoms with E-state index in [9.17, 15) is 19.5 Å². The molecule has 0 aliphatic rings. The molecular formula is C56H101NO7. The maximum absolute atomic E-state index is 12.8. The molecule has 0 N–H and O–H groups in total. The lowest BCUT2D eigenvalue weighted by Gasteiger charge is -2.34. The first-order valence-electron chi connectivity index (χ1n) is 26.7. The third kappa shape index (κ3) is 44.5. The smallest absolute Gasteiger partial charge is 0.306 e. The Labute approximate surface area is 395 Å². The quantitative estimate of drug-likeness (QED) is 0.0259. The number of carbonyl (C=O) groups excluding carboxylic acids is 3. The van der Waals surface area contributed by atoms with Gasteiger partial charge in [-0.1, -0.05) is 217 Å². The summed E-state index contributed by atoms with van der Waals surface area (Å²) in [6.07, 6.45) is 57.2. The third-order valence-corrected chi connectivity index (χ3v) is 12.0. The minimum Gasteiger partial charge on any atom is -0.544 e. The molecule has 372 valence electrons. The molecule has 0 radical (unpaired) electrons. The van der Waals surface area contributed by atoms with E-state index >= 15 is 0 Å². The molecule has 0 aromatic heterocycles. The van der Waals surface area contributed by atoms with Gasteiger partial charge in [0.2, 0.25) is 0 Å². The van der Waals surface area contributed by atoms with Crippen LogP contribution in [0.15, 0.2) is 48.6 Å². The van der Waals surface area contributed by atoms with E-state index < -0.39 is 18.1 Å². The second-order valence-corrected chi connectivity index (χ2v) is 19.1. The summed E-state index contributed by atoms with van der Waals surface area (Å²) < 4.78 is 17.2. The summed E-state index contributed by atoms with van der Waals surface area (Å²) in [6.45, 7) is 4.56. The molecule has 0 rings (SSSR count). The second-order valence-electron chi connectivity index (χ2n) is 19.1. The van der Waals surface area contributed by atoms with Gasteiger partial charge in [-0.2, -0.15) is 0 Å². The second kappa shape index (κ2) is 46.8. The fraction of sp³-hybridized carbons (Fsp3) is 0.804. The molecule has 64 heavy (non-hydrogen) atoms. The number of nitrogens with zero attached hydrogens (tertiary/aromatic N) is 1. The highest BCUT2D eigenvalue weighted by atomic mass is 16.6. The summed E-state index contributed by atoms with van der Waals surface area (Å²) in [4.78, 5) is 37.0. The predicted molar refractivity (Wildman–Crippen MR) is 268 cm³/mol. The zero-order valence-electron chi connectivity index (χ0n) is 42.4. The molecule has 0 fully saturated rings. The van der Waals surface area contributed by atoms with Crippen LogP contribution in [-0.2, 0) is 28.6 Å². The molecule has 2 atom stereocenters. The van der Waals surface area contributed by atoms with Crippen molar-refractivity contribution in [3.05, 3.63) is 48.6 Å². The maximum Gasteiger partial charge on any atom is 0.306 e. The summed E-state index contributed by atoms with van der Waals surface area (Å²) in [7, 11) is 5.41. The number of carbonyl (C=O) groups is 3. The fourth-order valence-electron chi connectivity index (χ4n) is 7.89. The Bertz CT molecular complexity index is 1190. The number of hydrogen-bond donors (Lipinski definition) is 0. The highest BCUT2D eigenvalue weighted by molar-refractivity contribution is 5.70. The van der Waals surface area contributed by atoms with Crippen molar-refractivity contribution in [2.24, 2.45) is 0 Å². The molecule has 0 amide bonds. The number of hydrogen-bond acceptors (Lipinski definition) is 7. The first-order chi connectivity index (χ1) is 31.1. The van der Waals surface area contributed by atoms with E-state index in [2.05, 4.69) is 62.5 Å². The van der Waals surface area contributed by atoms with Crippen molar-refractivity contribution in [3.8, 4) is 0 Å². The number of unbranched alkanes of at least 4 members (excludes halogenated alkanes) is 26. The van der Waals surface area contributed by atoms with Crippen molar-refractivity contribution >= 4 is 17.9 Å². The van der Waals surface area contributed by atoms with Crippen LogP contribution in [0.25, 0.3) is 0 Å². The topological polar surface area (TPSA) is 102 Å². The SMILES string of the molecule is CC/C=C\C/C=C\C/C=C\C/C=C\CCCCCCC(=O)OC(COCCC(C(=O)[O-])[N+](C)(C)C)COC(=O)CCCCCCCCCCCCCCCCCCCCCCCCC. The summed E-state index contributed by atoms with van der Waals surface area (Å²) in [6, 6.07) is -0.731. The van der Waals surface area contributed by atoms with Gasteiger partial charge in [0.25, 0.3) is 0 Å². The zero-order chi connectivity index (χ0) is 47.0.